The molecule has 0 spiro atoms. The number of nitrogens with zero attached hydrogens (tertiary/aromatic N) is 3. The molecule has 1 aromatic carbocycles. The fourth-order valence-corrected chi connectivity index (χ4v) is 4.32. The molecule has 5 rings (SSSR count). The summed E-state index contributed by atoms with van der Waals surface area (Å²) >= 11 is 0. The van der Waals surface area contributed by atoms with Crippen LogP contribution in [0.25, 0.3) is 5.52 Å². The van der Waals surface area contributed by atoms with Gasteiger partial charge in [-0.3, -0.25) is 0 Å². The summed E-state index contributed by atoms with van der Waals surface area (Å²) in [4.78, 5) is 14.6. The third kappa shape index (κ3) is 3.96. The van der Waals surface area contributed by atoms with Gasteiger partial charge in [-0.25, -0.2) is 13.7 Å². The van der Waals surface area contributed by atoms with E-state index in [2.05, 4.69) is 10.00 Å². The van der Waals surface area contributed by atoms with Gasteiger partial charge < -0.3 is 14.4 Å². The second-order valence-corrected chi connectivity index (χ2v) is 8.28. The number of hydrogen-bond donors (Lipinski definition) is 0. The van der Waals surface area contributed by atoms with Crippen LogP contribution in [0.3, 0.4) is 0 Å². The molecule has 6 nitrogen and oxygen atoms in total. The van der Waals surface area contributed by atoms with Gasteiger partial charge in [0.15, 0.2) is 0 Å². The van der Waals surface area contributed by atoms with Crippen molar-refractivity contribution in [3.8, 4) is 5.75 Å². The Morgan fingerprint density at radius 3 is 2.90 bits per heavy atom. The van der Waals surface area contributed by atoms with Crippen molar-refractivity contribution in [2.75, 3.05) is 24.7 Å². The zero-order valence-electron chi connectivity index (χ0n) is 17.6. The molecule has 162 valence electrons. The van der Waals surface area contributed by atoms with Crippen molar-refractivity contribution in [2.24, 2.45) is 5.92 Å². The number of hydrogen-bond acceptors (Lipinski definition) is 5. The van der Waals surface area contributed by atoms with Crippen LogP contribution in [0.5, 0.6) is 5.75 Å². The van der Waals surface area contributed by atoms with E-state index in [1.165, 1.54) is 25.1 Å². The first kappa shape index (κ1) is 19.8. The van der Waals surface area contributed by atoms with Gasteiger partial charge in [0.05, 0.1) is 31.0 Å². The minimum atomic E-state index is -0.381. The van der Waals surface area contributed by atoms with Gasteiger partial charge in [0.1, 0.15) is 17.1 Å². The van der Waals surface area contributed by atoms with E-state index in [1.807, 2.05) is 18.3 Å². The predicted octanol–water partition coefficient (Wildman–Crippen LogP) is 4.78. The number of aromatic nitrogens is 2. The van der Waals surface area contributed by atoms with Crippen molar-refractivity contribution in [1.82, 2.24) is 9.61 Å². The van der Waals surface area contributed by atoms with Gasteiger partial charge >= 0.3 is 5.97 Å². The first-order valence-corrected chi connectivity index (χ1v) is 11.0. The lowest BCUT2D eigenvalue weighted by Crippen LogP contribution is -2.23. The van der Waals surface area contributed by atoms with Crippen LogP contribution < -0.4 is 9.64 Å². The lowest BCUT2D eigenvalue weighted by atomic mass is 10.0. The molecule has 31 heavy (non-hydrogen) atoms. The van der Waals surface area contributed by atoms with Crippen molar-refractivity contribution >= 4 is 17.2 Å². The molecule has 0 N–H and O–H groups in total. The molecule has 0 radical (unpaired) electrons. The van der Waals surface area contributed by atoms with E-state index < -0.39 is 0 Å². The van der Waals surface area contributed by atoms with E-state index in [0.29, 0.717) is 30.2 Å². The van der Waals surface area contributed by atoms with Gasteiger partial charge in [0.25, 0.3) is 0 Å². The SMILES string of the molecule is CCOC(=O)c1cnn2ccc(N3CCC[C@@H]3c3cc(F)ccc3OCC3CC3)cc12. The highest BCUT2D eigenvalue weighted by Crippen LogP contribution is 2.41. The number of ether oxygens (including phenoxy) is 2. The number of benzene rings is 1. The average Bonchev–Trinajstić information content (AvgIpc) is 3.30. The van der Waals surface area contributed by atoms with Gasteiger partial charge in [0.2, 0.25) is 0 Å². The minimum absolute atomic E-state index is 0.0151. The largest absolute Gasteiger partial charge is 0.493 e. The number of anilines is 1. The summed E-state index contributed by atoms with van der Waals surface area (Å²) in [6.07, 6.45) is 7.71. The summed E-state index contributed by atoms with van der Waals surface area (Å²) in [5.41, 5.74) is 3.00. The van der Waals surface area contributed by atoms with Crippen molar-refractivity contribution in [2.45, 2.75) is 38.6 Å². The zero-order chi connectivity index (χ0) is 21.4. The number of carbonyl (C=O) groups is 1. The first-order valence-electron chi connectivity index (χ1n) is 11.0. The van der Waals surface area contributed by atoms with Crippen molar-refractivity contribution in [3.63, 3.8) is 0 Å². The molecule has 0 bridgehead atoms. The Labute approximate surface area is 180 Å². The Hall–Kier alpha value is -3.09. The van der Waals surface area contributed by atoms with Gasteiger partial charge in [-0.2, -0.15) is 5.10 Å². The van der Waals surface area contributed by atoms with Crippen molar-refractivity contribution < 1.29 is 18.7 Å². The molecule has 1 aliphatic carbocycles. The second-order valence-electron chi connectivity index (χ2n) is 8.28. The molecule has 2 aliphatic rings. The predicted molar refractivity (Wildman–Crippen MR) is 115 cm³/mol. The Kier molecular flexibility index (Phi) is 5.26. The van der Waals surface area contributed by atoms with Gasteiger partial charge in [-0.1, -0.05) is 0 Å². The lowest BCUT2D eigenvalue weighted by Gasteiger charge is -2.28. The quantitative estimate of drug-likeness (QED) is 0.512. The monoisotopic (exact) mass is 423 g/mol. The highest BCUT2D eigenvalue weighted by Gasteiger charge is 2.30. The number of rotatable bonds is 7. The summed E-state index contributed by atoms with van der Waals surface area (Å²) < 4.78 is 27.1. The number of fused-ring (bicyclic) bond motifs is 1. The first-order chi connectivity index (χ1) is 15.1. The Morgan fingerprint density at radius 1 is 1.23 bits per heavy atom. The highest BCUT2D eigenvalue weighted by atomic mass is 19.1. The van der Waals surface area contributed by atoms with Crippen LogP contribution in [0.2, 0.25) is 0 Å². The van der Waals surface area contributed by atoms with Crippen LogP contribution in [0.1, 0.15) is 54.6 Å². The van der Waals surface area contributed by atoms with Gasteiger partial charge in [-0.15, -0.1) is 0 Å². The van der Waals surface area contributed by atoms with Crippen LogP contribution in [-0.2, 0) is 4.74 Å². The molecule has 1 saturated heterocycles. The minimum Gasteiger partial charge on any atom is -0.493 e. The van der Waals surface area contributed by atoms with Gasteiger partial charge in [-0.05, 0) is 68.9 Å². The maximum Gasteiger partial charge on any atom is 0.341 e. The average molecular weight is 423 g/mol. The molecule has 2 fully saturated rings. The molecule has 1 aliphatic heterocycles. The fraction of sp³-hybridized carbons (Fsp3) is 0.417. The maximum absolute atomic E-state index is 14.2. The zero-order valence-corrected chi connectivity index (χ0v) is 17.6. The second kappa shape index (κ2) is 8.21. The number of pyridine rings is 1. The summed E-state index contributed by atoms with van der Waals surface area (Å²) in [5.74, 6) is 0.760. The van der Waals surface area contributed by atoms with E-state index in [1.54, 1.807) is 23.6 Å². The third-order valence-electron chi connectivity index (χ3n) is 6.09. The van der Waals surface area contributed by atoms with E-state index in [0.717, 1.165) is 36.4 Å². The maximum atomic E-state index is 14.2. The van der Waals surface area contributed by atoms with E-state index >= 15 is 0 Å². The summed E-state index contributed by atoms with van der Waals surface area (Å²) in [6, 6.07) is 8.78. The molecular weight excluding hydrogens is 397 g/mol. The molecule has 1 saturated carbocycles. The topological polar surface area (TPSA) is 56.1 Å². The molecule has 0 unspecified atom stereocenters. The summed E-state index contributed by atoms with van der Waals surface area (Å²) in [5, 5.41) is 4.27. The normalized spacial score (nSPS) is 18.5. The van der Waals surface area contributed by atoms with Gasteiger partial charge in [0, 0.05) is 24.0 Å². The number of esters is 1. The molecule has 3 heterocycles. The Balaban J connectivity index is 1.48. The molecule has 3 aromatic rings. The van der Waals surface area contributed by atoms with E-state index in [9.17, 15) is 9.18 Å². The molecule has 2 aromatic heterocycles. The lowest BCUT2D eigenvalue weighted by molar-refractivity contribution is 0.0528. The number of carbonyl (C=O) groups excluding carboxylic acids is 1. The molecule has 7 heteroatoms. The van der Waals surface area contributed by atoms with Crippen LogP contribution in [0.4, 0.5) is 10.1 Å². The summed E-state index contributed by atoms with van der Waals surface area (Å²) in [6.45, 7) is 3.64. The Bertz CT molecular complexity index is 1110. The van der Waals surface area contributed by atoms with Crippen LogP contribution in [0, 0.1) is 11.7 Å². The summed E-state index contributed by atoms with van der Waals surface area (Å²) in [7, 11) is 0. The van der Waals surface area contributed by atoms with Crippen LogP contribution in [-0.4, -0.2) is 35.3 Å². The van der Waals surface area contributed by atoms with E-state index in [-0.39, 0.29) is 17.8 Å². The third-order valence-corrected chi connectivity index (χ3v) is 6.09. The standard InChI is InChI=1S/C24H26FN3O3/c1-2-30-24(29)20-14-26-28-11-9-18(13-22(20)28)27-10-3-4-21(27)19-12-17(25)7-8-23(19)31-15-16-5-6-16/h7-9,11-14,16,21H,2-6,10,15H2,1H3/t21-/m1/s1. The van der Waals surface area contributed by atoms with Crippen molar-refractivity contribution in [3.05, 3.63) is 59.7 Å². The van der Waals surface area contributed by atoms with Crippen molar-refractivity contribution in [1.29, 1.82) is 0 Å². The molecular formula is C24H26FN3O3. The van der Waals surface area contributed by atoms with Crippen LogP contribution >= 0.6 is 0 Å². The fourth-order valence-electron chi connectivity index (χ4n) is 4.32. The van der Waals surface area contributed by atoms with Crippen LogP contribution in [0.15, 0.2) is 42.7 Å². The van der Waals surface area contributed by atoms with E-state index in [4.69, 9.17) is 9.47 Å². The number of halogens is 1. The molecule has 1 atom stereocenters. The smallest absolute Gasteiger partial charge is 0.341 e. The molecule has 0 amide bonds. The highest BCUT2D eigenvalue weighted by molar-refractivity contribution is 5.97. The Morgan fingerprint density at radius 2 is 2.10 bits per heavy atom.